The van der Waals surface area contributed by atoms with Crippen molar-refractivity contribution in [3.05, 3.63) is 0 Å². The van der Waals surface area contributed by atoms with Crippen LogP contribution in [0.15, 0.2) is 0 Å². The van der Waals surface area contributed by atoms with Crippen LogP contribution in [-0.4, -0.2) is 23.1 Å². The van der Waals surface area contributed by atoms with Gasteiger partial charge in [-0.15, -0.1) is 0 Å². The molecule has 0 aliphatic rings. The molecule has 0 aliphatic carbocycles. The molecule has 1 unspecified atom stereocenters. The van der Waals surface area contributed by atoms with Gasteiger partial charge in [0, 0.05) is 72.0 Å². The summed E-state index contributed by atoms with van der Waals surface area (Å²) in [5.41, 5.74) is 0. The summed E-state index contributed by atoms with van der Waals surface area (Å²) >= 11 is 0. The number of hydrogen-bond donors (Lipinski definition) is 0. The van der Waals surface area contributed by atoms with Gasteiger partial charge in [0.2, 0.25) is 0 Å². The van der Waals surface area contributed by atoms with E-state index in [1.54, 1.807) is 0 Å². The summed E-state index contributed by atoms with van der Waals surface area (Å²) in [4.78, 5) is 0. The Morgan fingerprint density at radius 3 is 1.00 bits per heavy atom. The molecule has 7 heavy (non-hydrogen) atoms. The van der Waals surface area contributed by atoms with E-state index in [0.717, 1.165) is 0 Å². The summed E-state index contributed by atoms with van der Waals surface area (Å²) < 4.78 is 0. The number of hydrogen-bond acceptors (Lipinski definition) is 0. The second kappa shape index (κ2) is 52.8. The van der Waals surface area contributed by atoms with Crippen LogP contribution in [0.4, 0.5) is 0 Å². The number of rotatable bonds is 0. The molecule has 0 fully saturated rings. The Bertz CT molecular complexity index is 19.7. The van der Waals surface area contributed by atoms with Gasteiger partial charge in [-0.3, -0.25) is 0 Å². The van der Waals surface area contributed by atoms with Crippen molar-refractivity contribution in [2.45, 2.75) is 0 Å². The fraction of sp³-hybridized carbons (Fsp3) is 0. The van der Waals surface area contributed by atoms with Crippen LogP contribution in [0.5, 0.6) is 0 Å². The molecular weight excluding hydrogens is 350 g/mol. The second-order valence-corrected chi connectivity index (χ2v) is 0. The second-order valence-electron chi connectivity index (χ2n) is 0. The first-order valence-corrected chi connectivity index (χ1v) is 0. The first-order chi connectivity index (χ1) is 0. The summed E-state index contributed by atoms with van der Waals surface area (Å²) in [5.74, 6) is 0. The maximum Gasteiger partial charge on any atom is 0.316 e. The largest absolute Gasteiger partial charge is 0.316 e. The molecule has 0 radical (unpaired) electrons. The van der Waals surface area contributed by atoms with Gasteiger partial charge in [0.05, 0.1) is 0 Å². The van der Waals surface area contributed by atoms with Gasteiger partial charge in [-0.1, -0.05) is 0 Å². The van der Waals surface area contributed by atoms with Crippen LogP contribution in [0.2, 0.25) is 0 Å². The molecule has 0 spiro atoms. The van der Waals surface area contributed by atoms with Crippen LogP contribution in [0, 0.1) is 0 Å². The molecule has 0 heterocycles. The molecule has 1 atom stereocenters. The molecule has 7 heteroatoms. The topological polar surface area (TPSA) is 0 Å². The Morgan fingerprint density at radius 2 is 1.00 bits per heavy atom. The van der Waals surface area contributed by atoms with E-state index in [9.17, 15) is 0 Å². The third-order valence-corrected chi connectivity index (χ3v) is 0. The van der Waals surface area contributed by atoms with Gasteiger partial charge in [0.25, 0.3) is 0 Å². The molecule has 0 nitrogen and oxygen atoms in total. The van der Waals surface area contributed by atoms with Crippen LogP contribution in [0.25, 0.3) is 0 Å². The van der Waals surface area contributed by atoms with E-state index in [0.29, 0.717) is 0 Å². The van der Waals surface area contributed by atoms with Gasteiger partial charge in [-0.05, 0) is 0 Å². The molecule has 0 rings (SSSR count). The molecule has 0 aromatic heterocycles. The Balaban J connectivity index is 0. The van der Waals surface area contributed by atoms with Crippen molar-refractivity contribution < 1.29 is 72.0 Å². The molecular formula is H7CrFeMgMoNiPS. The predicted molar refractivity (Wildman–Crippen MR) is 30.0 cm³/mol. The zero-order valence-electron chi connectivity index (χ0n) is 2.69. The fourth-order valence-corrected chi connectivity index (χ4v) is 0. The Hall–Kier alpha value is 3.78. The molecule has 0 saturated carbocycles. The Kier molecular flexibility index (Phi) is 544. The summed E-state index contributed by atoms with van der Waals surface area (Å²) in [6.45, 7) is 0. The van der Waals surface area contributed by atoms with Crippen molar-refractivity contribution in [3.63, 3.8) is 0 Å². The van der Waals surface area contributed by atoms with Crippen LogP contribution < -0.4 is 0 Å². The van der Waals surface area contributed by atoms with Crippen LogP contribution in [0.3, 0.4) is 0 Å². The standard InChI is InChI=1S/Cr.Fe.Mg.Mo.Ni.H3P.H2S.2H/h;;;;;1H3;1H2;;. The zero-order valence-corrected chi connectivity index (χ0v) is 10.5. The van der Waals surface area contributed by atoms with Crippen LogP contribution in [-0.2, 0) is 72.0 Å². The molecule has 0 bridgehead atoms. The predicted octanol–water partition coefficient (Wildman–Crippen LogP) is -0.755. The van der Waals surface area contributed by atoms with E-state index in [1.165, 1.54) is 0 Å². The minimum absolute atomic E-state index is 0. The van der Waals surface area contributed by atoms with Crippen molar-refractivity contribution >= 4 is 46.4 Å². The Labute approximate surface area is 116 Å². The summed E-state index contributed by atoms with van der Waals surface area (Å²) in [6.07, 6.45) is 0. The van der Waals surface area contributed by atoms with E-state index in [-0.39, 0.29) is 118 Å². The SMILES string of the molecule is P.S.[Cr].[Fe].[MgH2].[Mo].[Ni]. The van der Waals surface area contributed by atoms with E-state index < -0.39 is 0 Å². The molecule has 50 valence electrons. The van der Waals surface area contributed by atoms with E-state index in [1.807, 2.05) is 0 Å². The smallest absolute Gasteiger partial charge is 0.197 e. The fourth-order valence-electron chi connectivity index (χ4n) is 0. The van der Waals surface area contributed by atoms with Gasteiger partial charge in [0.1, 0.15) is 0 Å². The van der Waals surface area contributed by atoms with Crippen LogP contribution in [0.1, 0.15) is 0 Å². The van der Waals surface area contributed by atoms with E-state index in [2.05, 4.69) is 0 Å². The normalized spacial score (nSPS) is 0. The minimum atomic E-state index is 0. The van der Waals surface area contributed by atoms with Gasteiger partial charge in [-0.2, -0.15) is 23.4 Å². The summed E-state index contributed by atoms with van der Waals surface area (Å²) in [7, 11) is 0. The van der Waals surface area contributed by atoms with E-state index >= 15 is 0 Å². The molecule has 0 aromatic carbocycles. The first kappa shape index (κ1) is 72.2. The maximum atomic E-state index is 0. The minimum Gasteiger partial charge on any atom is -0.197 e. The van der Waals surface area contributed by atoms with Gasteiger partial charge in [0.15, 0.2) is 0 Å². The van der Waals surface area contributed by atoms with Crippen molar-refractivity contribution in [2.24, 2.45) is 0 Å². The zero-order chi connectivity index (χ0) is 0. The quantitative estimate of drug-likeness (QED) is 0.395. The summed E-state index contributed by atoms with van der Waals surface area (Å²) in [5, 5.41) is 0. The third kappa shape index (κ3) is 41.4. The third-order valence-electron chi connectivity index (χ3n) is 0. The summed E-state index contributed by atoms with van der Waals surface area (Å²) in [6, 6.07) is 0. The van der Waals surface area contributed by atoms with Gasteiger partial charge >= 0.3 is 23.1 Å². The van der Waals surface area contributed by atoms with E-state index in [4.69, 9.17) is 0 Å². The van der Waals surface area contributed by atoms with Gasteiger partial charge in [-0.25, -0.2) is 0 Å². The molecule has 0 aliphatic heterocycles. The molecule has 0 aromatic rings. The van der Waals surface area contributed by atoms with Crippen molar-refractivity contribution in [3.8, 4) is 0 Å². The Morgan fingerprint density at radius 1 is 1.00 bits per heavy atom. The van der Waals surface area contributed by atoms with Crippen molar-refractivity contribution in [1.29, 1.82) is 0 Å². The average molecular weight is 357 g/mol. The average Bonchev–Trinajstić information content (AvgIpc) is 0. The molecule has 0 N–H and O–H groups in total. The van der Waals surface area contributed by atoms with Crippen molar-refractivity contribution in [2.75, 3.05) is 0 Å². The maximum absolute atomic E-state index is 0. The first-order valence-electron chi connectivity index (χ1n) is 0. The molecule has 0 amide bonds. The van der Waals surface area contributed by atoms with Crippen molar-refractivity contribution in [1.82, 2.24) is 0 Å². The van der Waals surface area contributed by atoms with Crippen LogP contribution >= 0.6 is 23.4 Å². The molecule has 0 saturated heterocycles. The monoisotopic (exact) mass is 358 g/mol. The van der Waals surface area contributed by atoms with Gasteiger partial charge < -0.3 is 0 Å².